The Morgan fingerprint density at radius 1 is 1.13 bits per heavy atom. The number of hydrogen-bond donors (Lipinski definition) is 1. The number of nitrogens with one attached hydrogen (secondary N) is 1. The molecule has 160 valence electrons. The molecule has 0 bridgehead atoms. The van der Waals surface area contributed by atoms with Gasteiger partial charge in [0.25, 0.3) is 5.56 Å². The van der Waals surface area contributed by atoms with E-state index in [-0.39, 0.29) is 0 Å². The van der Waals surface area contributed by atoms with Gasteiger partial charge in [-0.3, -0.25) is 14.3 Å². The zero-order valence-electron chi connectivity index (χ0n) is 17.5. The molecule has 0 aliphatic carbocycles. The zero-order valence-corrected chi connectivity index (χ0v) is 18.3. The smallest absolute Gasteiger partial charge is 0.329 e. The van der Waals surface area contributed by atoms with Crippen molar-refractivity contribution in [2.45, 2.75) is 25.0 Å². The fourth-order valence-corrected chi connectivity index (χ4v) is 4.36. The number of likely N-dealkylation sites (N-methyl/N-ethyl adjacent to an activating group) is 1. The molecule has 0 atom stereocenters. The largest absolute Gasteiger partial charge is 0.340 e. The number of aryl methyl sites for hydroxylation is 3. The molecule has 3 aromatic heterocycles. The fraction of sp³-hybridized carbons (Fsp3) is 0.526. The van der Waals surface area contributed by atoms with Gasteiger partial charge in [-0.25, -0.2) is 14.8 Å². The van der Waals surface area contributed by atoms with E-state index in [4.69, 9.17) is 4.98 Å². The number of imidazole rings is 1. The highest BCUT2D eigenvalue weighted by Crippen LogP contribution is 2.22. The lowest BCUT2D eigenvalue weighted by atomic mass is 10.3. The van der Waals surface area contributed by atoms with E-state index in [1.165, 1.54) is 4.57 Å². The van der Waals surface area contributed by atoms with E-state index in [9.17, 15) is 9.59 Å². The van der Waals surface area contributed by atoms with Gasteiger partial charge in [0.1, 0.15) is 0 Å². The van der Waals surface area contributed by atoms with Crippen LogP contribution in [0.3, 0.4) is 0 Å². The summed E-state index contributed by atoms with van der Waals surface area (Å²) >= 11 is 1.60. The second kappa shape index (κ2) is 8.60. The van der Waals surface area contributed by atoms with Crippen LogP contribution in [0, 0.1) is 6.92 Å². The Balaban J connectivity index is 1.61. The summed E-state index contributed by atoms with van der Waals surface area (Å²) in [5.41, 5.74) is 0.970. The number of thioether (sulfide) groups is 1. The van der Waals surface area contributed by atoms with E-state index < -0.39 is 11.2 Å². The molecule has 0 unspecified atom stereocenters. The van der Waals surface area contributed by atoms with Crippen molar-refractivity contribution >= 4 is 28.9 Å². The lowest BCUT2D eigenvalue weighted by Crippen LogP contribution is -2.45. The number of H-pyrrole nitrogens is 1. The van der Waals surface area contributed by atoms with Crippen LogP contribution in [0.2, 0.25) is 0 Å². The summed E-state index contributed by atoms with van der Waals surface area (Å²) in [6, 6.07) is 1.88. The summed E-state index contributed by atoms with van der Waals surface area (Å²) in [6.45, 7) is 6.09. The second-order valence-electron chi connectivity index (χ2n) is 7.53. The molecule has 1 saturated heterocycles. The third-order valence-electron chi connectivity index (χ3n) is 5.30. The number of anilines is 1. The second-order valence-corrected chi connectivity index (χ2v) is 8.59. The van der Waals surface area contributed by atoms with E-state index >= 15 is 0 Å². The summed E-state index contributed by atoms with van der Waals surface area (Å²) in [7, 11) is 3.73. The summed E-state index contributed by atoms with van der Waals surface area (Å²) in [6.07, 6.45) is 2.58. The molecule has 1 aliphatic rings. The fourth-order valence-electron chi connectivity index (χ4n) is 3.56. The minimum Gasteiger partial charge on any atom is -0.340 e. The molecular weight excluding hydrogens is 404 g/mol. The van der Waals surface area contributed by atoms with Crippen LogP contribution in [0.25, 0.3) is 11.2 Å². The van der Waals surface area contributed by atoms with Crippen molar-refractivity contribution < 1.29 is 0 Å². The first-order chi connectivity index (χ1) is 14.4. The van der Waals surface area contributed by atoms with E-state index in [0.29, 0.717) is 17.7 Å². The molecule has 0 radical (unpaired) electrons. The molecule has 4 rings (SSSR count). The number of piperazine rings is 1. The van der Waals surface area contributed by atoms with Gasteiger partial charge < -0.3 is 14.4 Å². The first kappa shape index (κ1) is 20.6. The molecule has 3 aromatic rings. The highest BCUT2D eigenvalue weighted by Gasteiger charge is 2.23. The Bertz CT molecular complexity index is 1160. The number of aromatic amines is 1. The first-order valence-electron chi connectivity index (χ1n) is 9.99. The van der Waals surface area contributed by atoms with Crippen LogP contribution in [-0.4, -0.2) is 72.9 Å². The van der Waals surface area contributed by atoms with Gasteiger partial charge in [-0.2, -0.15) is 4.98 Å². The van der Waals surface area contributed by atoms with Gasteiger partial charge in [0.15, 0.2) is 16.3 Å². The average Bonchev–Trinajstić information content (AvgIpc) is 3.10. The SMILES string of the molecule is Cc1ccnc(SCCCn2c(N3CCN(C)CC3)nc3c2c(=O)[nH]c(=O)n3C)n1. The molecule has 11 heteroatoms. The van der Waals surface area contributed by atoms with Crippen molar-refractivity contribution in [2.24, 2.45) is 7.05 Å². The van der Waals surface area contributed by atoms with Crippen molar-refractivity contribution in [2.75, 3.05) is 43.9 Å². The number of nitrogens with zero attached hydrogens (tertiary/aromatic N) is 7. The topological polar surface area (TPSA) is 105 Å². The van der Waals surface area contributed by atoms with Crippen LogP contribution in [0.5, 0.6) is 0 Å². The predicted molar refractivity (Wildman–Crippen MR) is 117 cm³/mol. The van der Waals surface area contributed by atoms with Gasteiger partial charge in [-0.1, -0.05) is 11.8 Å². The highest BCUT2D eigenvalue weighted by molar-refractivity contribution is 7.99. The van der Waals surface area contributed by atoms with Crippen LogP contribution in [0.1, 0.15) is 12.1 Å². The maximum Gasteiger partial charge on any atom is 0.329 e. The lowest BCUT2D eigenvalue weighted by Gasteiger charge is -2.33. The quantitative estimate of drug-likeness (QED) is 0.342. The molecule has 0 spiro atoms. The average molecular weight is 431 g/mol. The summed E-state index contributed by atoms with van der Waals surface area (Å²) in [4.78, 5) is 45.0. The van der Waals surface area contributed by atoms with Crippen LogP contribution in [-0.2, 0) is 13.6 Å². The molecule has 10 nitrogen and oxygen atoms in total. The van der Waals surface area contributed by atoms with E-state index in [2.05, 4.69) is 31.8 Å². The normalized spacial score (nSPS) is 15.2. The van der Waals surface area contributed by atoms with Crippen LogP contribution < -0.4 is 16.1 Å². The van der Waals surface area contributed by atoms with Crippen molar-refractivity contribution in [3.8, 4) is 0 Å². The highest BCUT2D eigenvalue weighted by atomic mass is 32.2. The van der Waals surface area contributed by atoms with Gasteiger partial charge in [-0.05, 0) is 26.5 Å². The summed E-state index contributed by atoms with van der Waals surface area (Å²) < 4.78 is 3.36. The lowest BCUT2D eigenvalue weighted by molar-refractivity contribution is 0.310. The monoisotopic (exact) mass is 430 g/mol. The van der Waals surface area contributed by atoms with E-state index in [0.717, 1.165) is 55.2 Å². The number of aromatic nitrogens is 6. The van der Waals surface area contributed by atoms with Crippen molar-refractivity contribution in [3.63, 3.8) is 0 Å². The molecule has 0 aromatic carbocycles. The molecule has 1 N–H and O–H groups in total. The molecule has 4 heterocycles. The maximum atomic E-state index is 12.6. The van der Waals surface area contributed by atoms with Gasteiger partial charge in [0.05, 0.1) is 0 Å². The summed E-state index contributed by atoms with van der Waals surface area (Å²) in [5, 5.41) is 0.755. The Hall–Kier alpha value is -2.66. The molecular formula is C19H26N8O2S. The van der Waals surface area contributed by atoms with Crippen molar-refractivity contribution in [1.29, 1.82) is 0 Å². The molecule has 30 heavy (non-hydrogen) atoms. The molecule has 0 amide bonds. The van der Waals surface area contributed by atoms with Crippen molar-refractivity contribution in [3.05, 3.63) is 38.8 Å². The standard InChI is InChI=1S/C19H26N8O2S/c1-13-5-6-20-17(21-13)30-12-4-7-27-14-15(25(3)19(29)23-16(14)28)22-18(27)26-10-8-24(2)9-11-26/h5-6H,4,7-12H2,1-3H3,(H,23,28,29). The minimum atomic E-state index is -0.450. The Morgan fingerprint density at radius 2 is 1.90 bits per heavy atom. The predicted octanol–water partition coefficient (Wildman–Crippen LogP) is 0.456. The van der Waals surface area contributed by atoms with Gasteiger partial charge in [-0.15, -0.1) is 0 Å². The third-order valence-corrected chi connectivity index (χ3v) is 6.25. The van der Waals surface area contributed by atoms with Gasteiger partial charge in [0, 0.05) is 57.4 Å². The summed E-state index contributed by atoms with van der Waals surface area (Å²) in [5.74, 6) is 1.57. The van der Waals surface area contributed by atoms with Gasteiger partial charge in [0.2, 0.25) is 5.95 Å². The Morgan fingerprint density at radius 3 is 2.63 bits per heavy atom. The van der Waals surface area contributed by atoms with E-state index in [1.807, 2.05) is 17.6 Å². The Labute approximate surface area is 178 Å². The zero-order chi connectivity index (χ0) is 21.3. The first-order valence-corrected chi connectivity index (χ1v) is 11.0. The van der Waals surface area contributed by atoms with Crippen LogP contribution in [0.15, 0.2) is 27.0 Å². The molecule has 1 aliphatic heterocycles. The number of fused-ring (bicyclic) bond motifs is 1. The minimum absolute atomic E-state index is 0.393. The van der Waals surface area contributed by atoms with Crippen molar-refractivity contribution in [1.82, 2.24) is 34.0 Å². The molecule has 1 fully saturated rings. The van der Waals surface area contributed by atoms with Crippen LogP contribution >= 0.6 is 11.8 Å². The van der Waals surface area contributed by atoms with Gasteiger partial charge >= 0.3 is 5.69 Å². The Kier molecular flexibility index (Phi) is 5.91. The maximum absolute atomic E-state index is 12.6. The number of hydrogen-bond acceptors (Lipinski definition) is 8. The van der Waals surface area contributed by atoms with E-state index in [1.54, 1.807) is 25.0 Å². The van der Waals surface area contributed by atoms with Crippen LogP contribution in [0.4, 0.5) is 5.95 Å². The molecule has 0 saturated carbocycles. The number of rotatable bonds is 6. The third kappa shape index (κ3) is 4.12.